The first-order valence-corrected chi connectivity index (χ1v) is 13.3. The van der Waals surface area contributed by atoms with Gasteiger partial charge < -0.3 is 40.3 Å². The number of benzene rings is 2. The van der Waals surface area contributed by atoms with E-state index < -0.39 is 30.2 Å². The molecular weight excluding hydrogens is 530 g/mol. The maximum atomic E-state index is 12.6. The summed E-state index contributed by atoms with van der Waals surface area (Å²) in [4.78, 5) is 40.9. The molecule has 3 amide bonds. The average Bonchev–Trinajstić information content (AvgIpc) is 3.48. The van der Waals surface area contributed by atoms with Crippen molar-refractivity contribution < 1.29 is 33.0 Å². The molecule has 0 saturated carbocycles. The third-order valence-electron chi connectivity index (χ3n) is 5.95. The Balaban J connectivity index is 1.47. The molecule has 0 saturated heterocycles. The van der Waals surface area contributed by atoms with E-state index in [1.807, 2.05) is 20.8 Å². The van der Waals surface area contributed by atoms with Crippen molar-refractivity contribution in [2.45, 2.75) is 52.3 Å². The minimum absolute atomic E-state index is 0.0717. The van der Waals surface area contributed by atoms with Gasteiger partial charge in [-0.2, -0.15) is 0 Å². The van der Waals surface area contributed by atoms with E-state index in [1.54, 1.807) is 48.7 Å². The van der Waals surface area contributed by atoms with Gasteiger partial charge in [0, 0.05) is 24.0 Å². The van der Waals surface area contributed by atoms with E-state index in [0.29, 0.717) is 41.3 Å². The van der Waals surface area contributed by atoms with Crippen LogP contribution >= 0.6 is 0 Å². The topological polar surface area (TPSA) is 167 Å². The number of hydrogen-bond acceptors (Lipinski definition) is 9. The molecule has 5 N–H and O–H groups in total. The number of rotatable bonds is 13. The van der Waals surface area contributed by atoms with Crippen molar-refractivity contribution in [2.75, 3.05) is 24.4 Å². The van der Waals surface area contributed by atoms with Crippen LogP contribution in [0.2, 0.25) is 0 Å². The fraction of sp³-hybridized carbons (Fsp3) is 0.379. The zero-order valence-corrected chi connectivity index (χ0v) is 23.6. The van der Waals surface area contributed by atoms with Gasteiger partial charge in [0.25, 0.3) is 0 Å². The van der Waals surface area contributed by atoms with Gasteiger partial charge in [0.15, 0.2) is 12.2 Å². The number of alkyl carbamates (subject to hydrolysis) is 1. The number of nitrogens with one attached hydrogen (secondary N) is 3. The van der Waals surface area contributed by atoms with Crippen molar-refractivity contribution >= 4 is 29.5 Å². The quantitative estimate of drug-likeness (QED) is 0.210. The molecule has 3 rings (SSSR count). The summed E-state index contributed by atoms with van der Waals surface area (Å²) in [6.45, 7) is 5.84. The second-order valence-electron chi connectivity index (χ2n) is 9.72. The second-order valence-corrected chi connectivity index (χ2v) is 9.72. The molecule has 2 atom stereocenters. The van der Waals surface area contributed by atoms with Crippen LogP contribution in [0.3, 0.4) is 0 Å². The lowest BCUT2D eigenvalue weighted by Crippen LogP contribution is -2.37. The Hall–Kier alpha value is -4.58. The number of ether oxygens (including phenoxy) is 3. The van der Waals surface area contributed by atoms with Gasteiger partial charge in [-0.25, -0.2) is 14.6 Å². The lowest BCUT2D eigenvalue weighted by molar-refractivity contribution is -0.148. The predicted octanol–water partition coefficient (Wildman–Crippen LogP) is 4.92. The zero-order chi connectivity index (χ0) is 29.8. The molecule has 0 aliphatic heterocycles. The number of urea groups is 1. The Labute approximate surface area is 238 Å². The smallest absolute Gasteiger partial charge is 0.407 e. The first kappa shape index (κ1) is 31.0. The summed E-state index contributed by atoms with van der Waals surface area (Å²) in [5.41, 5.74) is 8.31. The molecular formula is C29H37N5O7. The Morgan fingerprint density at radius 2 is 1.83 bits per heavy atom. The van der Waals surface area contributed by atoms with E-state index in [-0.39, 0.29) is 19.1 Å². The van der Waals surface area contributed by atoms with E-state index in [4.69, 9.17) is 24.4 Å². The van der Waals surface area contributed by atoms with Crippen molar-refractivity contribution in [3.05, 3.63) is 60.6 Å². The standard InChI is InChI=1S/C29H37N5O7/c1-5-22(16-39-27(35)24(30)11-18(2)3)41-29(37)32-14-19-7-6-8-20(12-19)33-28(36)34-21-9-10-23(25(13-21)38-4)26-15-31-17-40-26/h6-10,12-13,15,17-18,22,24H,5,11,14,16,30H2,1-4H3,(H,32,37)(H2,33,34,36)/t22?,24-/m1/s1. The third-order valence-corrected chi connectivity index (χ3v) is 5.95. The highest BCUT2D eigenvalue weighted by Gasteiger charge is 2.20. The largest absolute Gasteiger partial charge is 0.496 e. The molecule has 0 spiro atoms. The van der Waals surface area contributed by atoms with Gasteiger partial charge in [0.2, 0.25) is 0 Å². The number of anilines is 2. The van der Waals surface area contributed by atoms with Crippen LogP contribution in [0.25, 0.3) is 11.3 Å². The monoisotopic (exact) mass is 567 g/mol. The summed E-state index contributed by atoms with van der Waals surface area (Å²) in [6.07, 6.45) is 2.62. The highest BCUT2D eigenvalue weighted by Crippen LogP contribution is 2.32. The number of nitrogens with zero attached hydrogens (tertiary/aromatic N) is 1. The molecule has 12 heteroatoms. The molecule has 0 aliphatic rings. The second kappa shape index (κ2) is 15.3. The van der Waals surface area contributed by atoms with Crippen molar-refractivity contribution in [3.63, 3.8) is 0 Å². The number of oxazole rings is 1. The van der Waals surface area contributed by atoms with E-state index in [2.05, 4.69) is 20.9 Å². The number of methoxy groups -OCH3 is 1. The average molecular weight is 568 g/mol. The summed E-state index contributed by atoms with van der Waals surface area (Å²) in [5, 5.41) is 8.20. The van der Waals surface area contributed by atoms with Crippen LogP contribution < -0.4 is 26.4 Å². The normalized spacial score (nSPS) is 12.2. The van der Waals surface area contributed by atoms with Crippen LogP contribution in [0.1, 0.15) is 39.2 Å². The number of hydrogen-bond donors (Lipinski definition) is 4. The zero-order valence-electron chi connectivity index (χ0n) is 23.6. The molecule has 41 heavy (non-hydrogen) atoms. The van der Waals surface area contributed by atoms with E-state index in [9.17, 15) is 14.4 Å². The minimum Gasteiger partial charge on any atom is -0.496 e. The molecule has 2 aromatic carbocycles. The van der Waals surface area contributed by atoms with Gasteiger partial charge >= 0.3 is 18.1 Å². The number of carbonyl (C=O) groups excluding carboxylic acids is 3. The molecule has 3 aromatic rings. The highest BCUT2D eigenvalue weighted by molar-refractivity contribution is 6.00. The van der Waals surface area contributed by atoms with Crippen LogP contribution in [0.5, 0.6) is 5.75 Å². The maximum Gasteiger partial charge on any atom is 0.407 e. The highest BCUT2D eigenvalue weighted by atomic mass is 16.6. The van der Waals surface area contributed by atoms with Crippen LogP contribution in [-0.4, -0.2) is 48.9 Å². The third kappa shape index (κ3) is 9.84. The Morgan fingerprint density at radius 1 is 1.07 bits per heavy atom. The van der Waals surface area contributed by atoms with Crippen molar-refractivity contribution in [2.24, 2.45) is 11.7 Å². The van der Waals surface area contributed by atoms with Crippen molar-refractivity contribution in [1.82, 2.24) is 10.3 Å². The molecule has 0 fully saturated rings. The van der Waals surface area contributed by atoms with Crippen LogP contribution in [0, 0.1) is 5.92 Å². The number of esters is 1. The molecule has 0 radical (unpaired) electrons. The maximum absolute atomic E-state index is 12.6. The number of amides is 3. The van der Waals surface area contributed by atoms with Crippen molar-refractivity contribution in [3.8, 4) is 17.1 Å². The Morgan fingerprint density at radius 3 is 2.49 bits per heavy atom. The fourth-order valence-corrected chi connectivity index (χ4v) is 3.86. The Kier molecular flexibility index (Phi) is 11.5. The fourth-order valence-electron chi connectivity index (χ4n) is 3.86. The van der Waals surface area contributed by atoms with Gasteiger partial charge in [-0.1, -0.05) is 32.9 Å². The summed E-state index contributed by atoms with van der Waals surface area (Å²) in [6, 6.07) is 11.0. The van der Waals surface area contributed by atoms with E-state index in [1.165, 1.54) is 13.5 Å². The van der Waals surface area contributed by atoms with Gasteiger partial charge in [0.1, 0.15) is 24.5 Å². The van der Waals surface area contributed by atoms with Gasteiger partial charge in [-0.15, -0.1) is 0 Å². The predicted molar refractivity (Wildman–Crippen MR) is 153 cm³/mol. The first-order chi connectivity index (χ1) is 19.7. The first-order valence-electron chi connectivity index (χ1n) is 13.3. The molecule has 0 bridgehead atoms. The Bertz CT molecular complexity index is 1300. The van der Waals surface area contributed by atoms with Gasteiger partial charge in [0.05, 0.1) is 18.9 Å². The molecule has 1 heterocycles. The van der Waals surface area contributed by atoms with Crippen molar-refractivity contribution in [1.29, 1.82) is 0 Å². The van der Waals surface area contributed by atoms with E-state index in [0.717, 1.165) is 5.56 Å². The van der Waals surface area contributed by atoms with Crippen LogP contribution in [0.15, 0.2) is 59.5 Å². The number of aromatic nitrogens is 1. The van der Waals surface area contributed by atoms with Gasteiger partial charge in [-0.3, -0.25) is 4.79 Å². The van der Waals surface area contributed by atoms with Gasteiger partial charge in [-0.05, 0) is 48.6 Å². The molecule has 1 aromatic heterocycles. The molecule has 1 unspecified atom stereocenters. The van der Waals surface area contributed by atoms with Crippen LogP contribution in [0.4, 0.5) is 21.0 Å². The molecule has 0 aliphatic carbocycles. The summed E-state index contributed by atoms with van der Waals surface area (Å²) in [7, 11) is 1.52. The minimum atomic E-state index is -0.710. The van der Waals surface area contributed by atoms with E-state index >= 15 is 0 Å². The molecule has 12 nitrogen and oxygen atoms in total. The number of nitrogens with two attached hydrogens (primary N) is 1. The molecule has 220 valence electrons. The summed E-state index contributed by atoms with van der Waals surface area (Å²) < 4.78 is 21.3. The SMILES string of the molecule is CCC(COC(=O)[C@H](N)CC(C)C)OC(=O)NCc1cccc(NC(=O)Nc2ccc(-c3cnco3)c(OC)c2)c1. The van der Waals surface area contributed by atoms with Crippen LogP contribution in [-0.2, 0) is 20.8 Å². The lowest BCUT2D eigenvalue weighted by atomic mass is 10.1. The lowest BCUT2D eigenvalue weighted by Gasteiger charge is -2.19. The number of carbonyl (C=O) groups is 3. The summed E-state index contributed by atoms with van der Waals surface area (Å²) in [5.74, 6) is 0.801. The summed E-state index contributed by atoms with van der Waals surface area (Å²) >= 11 is 0.